The summed E-state index contributed by atoms with van der Waals surface area (Å²) in [6.45, 7) is 1.73. The van der Waals surface area contributed by atoms with E-state index in [1.54, 1.807) is 24.3 Å². The largest absolute Gasteiger partial charge is 0.465 e. The third-order valence-corrected chi connectivity index (χ3v) is 5.03. The van der Waals surface area contributed by atoms with Crippen LogP contribution in [0.25, 0.3) is 22.4 Å². The van der Waals surface area contributed by atoms with E-state index in [-0.39, 0.29) is 5.56 Å². The summed E-state index contributed by atoms with van der Waals surface area (Å²) in [4.78, 5) is 32.0. The number of rotatable bonds is 3. The minimum absolute atomic E-state index is 0.251. The number of carbonyl (C=O) groups excluding carboxylic acids is 1. The van der Waals surface area contributed by atoms with Crippen molar-refractivity contribution in [3.8, 4) is 0 Å². The second kappa shape index (κ2) is 5.86. The van der Waals surface area contributed by atoms with Crippen LogP contribution in [-0.4, -0.2) is 23.0 Å². The fourth-order valence-electron chi connectivity index (χ4n) is 2.07. The van der Waals surface area contributed by atoms with E-state index in [2.05, 4.69) is 9.97 Å². The van der Waals surface area contributed by atoms with Gasteiger partial charge in [-0.3, -0.25) is 4.79 Å². The van der Waals surface area contributed by atoms with Crippen LogP contribution in [-0.2, 0) is 4.74 Å². The molecule has 5 nitrogen and oxygen atoms in total. The number of aromatic amines is 1. The first kappa shape index (κ1) is 14.7. The van der Waals surface area contributed by atoms with E-state index in [0.29, 0.717) is 26.5 Å². The van der Waals surface area contributed by atoms with E-state index >= 15 is 0 Å². The Labute approximate surface area is 133 Å². The van der Waals surface area contributed by atoms with E-state index < -0.39 is 5.97 Å². The molecule has 0 spiro atoms. The fraction of sp³-hybridized carbons (Fsp3) is 0.133. The molecule has 1 N–H and O–H groups in total. The van der Waals surface area contributed by atoms with Gasteiger partial charge in [0.25, 0.3) is 5.56 Å². The maximum absolute atomic E-state index is 12.2. The lowest BCUT2D eigenvalue weighted by Crippen LogP contribution is -2.09. The molecule has 3 heterocycles. The van der Waals surface area contributed by atoms with Gasteiger partial charge in [0.05, 0.1) is 12.5 Å². The predicted octanol–water partition coefficient (Wildman–Crippen LogP) is 3.31. The van der Waals surface area contributed by atoms with Gasteiger partial charge in [0.2, 0.25) is 0 Å². The van der Waals surface area contributed by atoms with Crippen LogP contribution in [0.15, 0.2) is 21.6 Å². The normalized spacial score (nSPS) is 11.4. The van der Waals surface area contributed by atoms with E-state index in [4.69, 9.17) is 4.74 Å². The van der Waals surface area contributed by atoms with Crippen molar-refractivity contribution in [3.63, 3.8) is 0 Å². The van der Waals surface area contributed by atoms with Gasteiger partial charge in [0.15, 0.2) is 0 Å². The lowest BCUT2D eigenvalue weighted by Gasteiger charge is -1.96. The van der Waals surface area contributed by atoms with Gasteiger partial charge in [0, 0.05) is 0 Å². The van der Waals surface area contributed by atoms with Crippen LogP contribution in [0.1, 0.15) is 26.6 Å². The molecule has 3 aromatic heterocycles. The molecule has 0 fully saturated rings. The highest BCUT2D eigenvalue weighted by Crippen LogP contribution is 2.27. The number of thiophene rings is 2. The molecule has 0 bridgehead atoms. The van der Waals surface area contributed by atoms with Gasteiger partial charge in [0.1, 0.15) is 15.5 Å². The van der Waals surface area contributed by atoms with Crippen LogP contribution in [0.5, 0.6) is 0 Å². The standard InChI is InChI=1S/C15H12N2O3S2/c1-8-11-13(18)16-10(4-3-9-5-6-21-7-9)17-14(11)22-12(8)15(19)20-2/h3-7H,1-2H3,(H,16,17,18). The molecule has 0 radical (unpaired) electrons. The SMILES string of the molecule is COC(=O)c1sc2nc(C=Cc3ccsc3)[nH]c(=O)c2c1C. The lowest BCUT2D eigenvalue weighted by molar-refractivity contribution is 0.0605. The molecule has 0 saturated heterocycles. The second-order valence-corrected chi connectivity index (χ2v) is 6.35. The van der Waals surface area contributed by atoms with Gasteiger partial charge in [-0.25, -0.2) is 9.78 Å². The maximum Gasteiger partial charge on any atom is 0.348 e. The summed E-state index contributed by atoms with van der Waals surface area (Å²) in [6.07, 6.45) is 3.62. The zero-order chi connectivity index (χ0) is 15.7. The molecular formula is C15H12N2O3S2. The van der Waals surface area contributed by atoms with Crippen molar-refractivity contribution in [1.82, 2.24) is 9.97 Å². The third kappa shape index (κ3) is 2.60. The first-order valence-corrected chi connectivity index (χ1v) is 8.18. The van der Waals surface area contributed by atoms with Crippen molar-refractivity contribution in [2.24, 2.45) is 0 Å². The van der Waals surface area contributed by atoms with Crippen LogP contribution in [0.4, 0.5) is 0 Å². The predicted molar refractivity (Wildman–Crippen MR) is 89.6 cm³/mol. The van der Waals surface area contributed by atoms with Gasteiger partial charge in [-0.15, -0.1) is 11.3 Å². The number of aryl methyl sites for hydroxylation is 1. The molecule has 3 aromatic rings. The summed E-state index contributed by atoms with van der Waals surface area (Å²) in [7, 11) is 1.32. The summed E-state index contributed by atoms with van der Waals surface area (Å²) in [6, 6.07) is 1.97. The highest BCUT2D eigenvalue weighted by atomic mass is 32.1. The molecule has 3 rings (SSSR count). The molecular weight excluding hydrogens is 320 g/mol. The zero-order valence-corrected chi connectivity index (χ0v) is 13.5. The first-order chi connectivity index (χ1) is 10.6. The van der Waals surface area contributed by atoms with E-state index in [0.717, 1.165) is 5.56 Å². The lowest BCUT2D eigenvalue weighted by atomic mass is 10.2. The molecule has 0 aromatic carbocycles. The minimum Gasteiger partial charge on any atom is -0.465 e. The number of carbonyl (C=O) groups is 1. The Hall–Kier alpha value is -2.25. The first-order valence-electron chi connectivity index (χ1n) is 6.42. The Morgan fingerprint density at radius 3 is 2.91 bits per heavy atom. The van der Waals surface area contributed by atoms with Crippen molar-refractivity contribution in [1.29, 1.82) is 0 Å². The van der Waals surface area contributed by atoms with Crippen molar-refractivity contribution < 1.29 is 9.53 Å². The number of hydrogen-bond donors (Lipinski definition) is 1. The number of H-pyrrole nitrogens is 1. The highest BCUT2D eigenvalue weighted by Gasteiger charge is 2.19. The van der Waals surface area contributed by atoms with E-state index in [9.17, 15) is 9.59 Å². The minimum atomic E-state index is -0.449. The number of methoxy groups -OCH3 is 1. The van der Waals surface area contributed by atoms with Gasteiger partial charge >= 0.3 is 5.97 Å². The molecule has 0 aliphatic rings. The van der Waals surface area contributed by atoms with Gasteiger partial charge < -0.3 is 9.72 Å². The summed E-state index contributed by atoms with van der Waals surface area (Å²) >= 11 is 2.77. The number of aromatic nitrogens is 2. The number of fused-ring (bicyclic) bond motifs is 1. The maximum atomic E-state index is 12.2. The van der Waals surface area contributed by atoms with E-state index in [1.165, 1.54) is 18.4 Å². The number of ether oxygens (including phenoxy) is 1. The summed E-state index contributed by atoms with van der Waals surface area (Å²) in [5, 5.41) is 4.42. The van der Waals surface area contributed by atoms with Crippen LogP contribution >= 0.6 is 22.7 Å². The van der Waals surface area contributed by atoms with Gasteiger partial charge in [-0.2, -0.15) is 11.3 Å². The van der Waals surface area contributed by atoms with Crippen LogP contribution < -0.4 is 5.56 Å². The third-order valence-electron chi connectivity index (χ3n) is 3.17. The molecule has 22 heavy (non-hydrogen) atoms. The van der Waals surface area contributed by atoms with Crippen molar-refractivity contribution in [3.05, 3.63) is 49.0 Å². The summed E-state index contributed by atoms with van der Waals surface area (Å²) in [5.41, 5.74) is 1.40. The van der Waals surface area contributed by atoms with Crippen molar-refractivity contribution in [2.45, 2.75) is 6.92 Å². The number of nitrogens with one attached hydrogen (secondary N) is 1. The smallest absolute Gasteiger partial charge is 0.348 e. The molecule has 0 aliphatic carbocycles. The number of nitrogens with zero attached hydrogens (tertiary/aromatic N) is 1. The molecule has 0 unspecified atom stereocenters. The Kier molecular flexibility index (Phi) is 3.91. The van der Waals surface area contributed by atoms with Gasteiger partial charge in [-0.1, -0.05) is 6.08 Å². The Morgan fingerprint density at radius 1 is 1.41 bits per heavy atom. The van der Waals surface area contributed by atoms with E-state index in [1.807, 2.05) is 22.9 Å². The van der Waals surface area contributed by atoms with Crippen LogP contribution in [0, 0.1) is 6.92 Å². The average Bonchev–Trinajstić information content (AvgIpc) is 3.12. The quantitative estimate of drug-likeness (QED) is 0.747. The Morgan fingerprint density at radius 2 is 2.23 bits per heavy atom. The molecule has 0 saturated carbocycles. The van der Waals surface area contributed by atoms with Crippen LogP contribution in [0.2, 0.25) is 0 Å². The topological polar surface area (TPSA) is 72.0 Å². The van der Waals surface area contributed by atoms with Crippen LogP contribution in [0.3, 0.4) is 0 Å². The monoisotopic (exact) mass is 332 g/mol. The summed E-state index contributed by atoms with van der Waals surface area (Å²) in [5.74, 6) is 0.0108. The highest BCUT2D eigenvalue weighted by molar-refractivity contribution is 7.20. The molecule has 0 atom stereocenters. The molecule has 0 amide bonds. The second-order valence-electron chi connectivity index (χ2n) is 4.57. The van der Waals surface area contributed by atoms with Crippen molar-refractivity contribution in [2.75, 3.05) is 7.11 Å². The van der Waals surface area contributed by atoms with Crippen molar-refractivity contribution >= 4 is 51.0 Å². The fourth-order valence-corrected chi connectivity index (χ4v) is 3.81. The van der Waals surface area contributed by atoms with Gasteiger partial charge in [-0.05, 0) is 41.0 Å². The zero-order valence-electron chi connectivity index (χ0n) is 11.9. The molecule has 112 valence electrons. The average molecular weight is 332 g/mol. The summed E-state index contributed by atoms with van der Waals surface area (Å²) < 4.78 is 4.73. The Balaban J connectivity index is 2.09. The molecule has 7 heteroatoms. The number of hydrogen-bond acceptors (Lipinski definition) is 6. The number of esters is 1. The Bertz CT molecular complexity index is 920. The molecule has 0 aliphatic heterocycles.